The summed E-state index contributed by atoms with van der Waals surface area (Å²) in [5.41, 5.74) is 0. The Morgan fingerprint density at radius 3 is 2.10 bits per heavy atom. The first-order valence-corrected chi connectivity index (χ1v) is 16.2. The van der Waals surface area contributed by atoms with Gasteiger partial charge in [0.25, 0.3) is 11.8 Å². The fourth-order valence-corrected chi connectivity index (χ4v) is 7.49. The van der Waals surface area contributed by atoms with E-state index in [1.54, 1.807) is 13.8 Å². The molecule has 0 radical (unpaired) electrons. The highest BCUT2D eigenvalue weighted by Gasteiger charge is 2.56. The Morgan fingerprint density at radius 2 is 1.59 bits per heavy atom. The second-order valence-electron chi connectivity index (χ2n) is 11.5. The van der Waals surface area contributed by atoms with Gasteiger partial charge in [0.2, 0.25) is 11.0 Å². The predicted molar refractivity (Wildman–Crippen MR) is 148 cm³/mol. The standard InChI is InChI=1S/C26H46ClN4O7P/c1-8-36-39(35,37-9-2)23(27)26(34)31-22-16-29(19-10-12-28(7)13-11-19)24(32)20(14-17(3)4)30(22)25(33)21(38-31)15-18(5)6/h17-23H,8-16H2,1-7H3/t20-,21+,22-,23?/m0/s1. The van der Waals surface area contributed by atoms with Gasteiger partial charge >= 0.3 is 7.60 Å². The molecule has 39 heavy (non-hydrogen) atoms. The number of halogens is 1. The topological polar surface area (TPSA) is 109 Å². The first-order valence-electron chi connectivity index (χ1n) is 14.2. The molecule has 0 aliphatic carbocycles. The summed E-state index contributed by atoms with van der Waals surface area (Å²) in [4.78, 5) is 53.4. The molecular weight excluding hydrogens is 547 g/mol. The number of likely N-dealkylation sites (tertiary alicyclic amines) is 1. The number of rotatable bonds is 11. The average molecular weight is 593 g/mol. The number of carbonyl (C=O) groups is 3. The summed E-state index contributed by atoms with van der Waals surface area (Å²) in [5, 5.41) is -0.594. The van der Waals surface area contributed by atoms with Crippen molar-refractivity contribution in [1.82, 2.24) is 19.8 Å². The fraction of sp³-hybridized carbons (Fsp3) is 0.885. The highest BCUT2D eigenvalue weighted by Crippen LogP contribution is 2.55. The van der Waals surface area contributed by atoms with Gasteiger partial charge in [-0.3, -0.25) is 23.8 Å². The predicted octanol–water partition coefficient (Wildman–Crippen LogP) is 3.51. The van der Waals surface area contributed by atoms with Crippen LogP contribution >= 0.6 is 19.2 Å². The van der Waals surface area contributed by atoms with Crippen LogP contribution in [0.4, 0.5) is 0 Å². The molecule has 3 rings (SSSR count). The summed E-state index contributed by atoms with van der Waals surface area (Å²) in [6, 6.07) is -0.764. The van der Waals surface area contributed by atoms with E-state index in [0.29, 0.717) is 12.8 Å². The zero-order valence-electron chi connectivity index (χ0n) is 24.4. The van der Waals surface area contributed by atoms with Gasteiger partial charge in [-0.05, 0) is 71.5 Å². The molecule has 3 amide bonds. The fourth-order valence-electron chi connectivity index (χ4n) is 5.61. The molecule has 4 atom stereocenters. The van der Waals surface area contributed by atoms with Crippen LogP contribution in [0.3, 0.4) is 0 Å². The number of hydrogen-bond acceptors (Lipinski definition) is 8. The number of alkyl halides is 1. The van der Waals surface area contributed by atoms with E-state index in [9.17, 15) is 18.9 Å². The maximum absolute atomic E-state index is 14.0. The second-order valence-corrected chi connectivity index (χ2v) is 14.3. The lowest BCUT2D eigenvalue weighted by atomic mass is 9.93. The smallest absolute Gasteiger partial charge is 0.334 e. The van der Waals surface area contributed by atoms with E-state index in [4.69, 9.17) is 25.5 Å². The maximum atomic E-state index is 14.0. The van der Waals surface area contributed by atoms with E-state index in [1.165, 1.54) is 4.90 Å². The van der Waals surface area contributed by atoms with E-state index in [-0.39, 0.29) is 49.5 Å². The third-order valence-electron chi connectivity index (χ3n) is 7.45. The molecular formula is C26H46ClN4O7P. The van der Waals surface area contributed by atoms with Gasteiger partial charge in [-0.25, -0.2) is 0 Å². The summed E-state index contributed by atoms with van der Waals surface area (Å²) in [6.45, 7) is 13.0. The van der Waals surface area contributed by atoms with E-state index < -0.39 is 36.9 Å². The van der Waals surface area contributed by atoms with Crippen molar-refractivity contribution in [2.45, 2.75) is 96.7 Å². The van der Waals surface area contributed by atoms with Crippen LogP contribution < -0.4 is 0 Å². The Hall–Kier alpha value is -1.23. The van der Waals surface area contributed by atoms with Gasteiger partial charge < -0.3 is 23.7 Å². The van der Waals surface area contributed by atoms with Crippen molar-refractivity contribution in [2.24, 2.45) is 11.8 Å². The Balaban J connectivity index is 2.04. The molecule has 0 aromatic rings. The van der Waals surface area contributed by atoms with Crippen LogP contribution in [-0.4, -0.2) is 107 Å². The Labute approximate surface area is 237 Å². The van der Waals surface area contributed by atoms with Crippen LogP contribution in [0, 0.1) is 11.8 Å². The van der Waals surface area contributed by atoms with Gasteiger partial charge in [-0.1, -0.05) is 39.3 Å². The number of fused-ring (bicyclic) bond motifs is 1. The molecule has 3 heterocycles. The summed E-state index contributed by atoms with van der Waals surface area (Å²) in [6.07, 6.45) is 0.488. The molecule has 0 spiro atoms. The van der Waals surface area contributed by atoms with Crippen molar-refractivity contribution in [1.29, 1.82) is 0 Å². The molecule has 0 bridgehead atoms. The molecule has 0 aromatic heterocycles. The molecule has 1 unspecified atom stereocenters. The normalized spacial score (nSPS) is 26.5. The van der Waals surface area contributed by atoms with Crippen LogP contribution in [0.5, 0.6) is 0 Å². The molecule has 3 fully saturated rings. The molecule has 11 nitrogen and oxygen atoms in total. The SMILES string of the molecule is CCOP(=O)(OCC)C(Cl)C(=O)N1O[C@H](CC(C)C)C(=O)N2[C@@H]1CN(C1CCN(C)CC1)C(=O)[C@@H]2CC(C)C. The Bertz CT molecular complexity index is 920. The molecule has 3 saturated heterocycles. The van der Waals surface area contributed by atoms with Crippen molar-refractivity contribution in [3.05, 3.63) is 0 Å². The zero-order valence-corrected chi connectivity index (χ0v) is 26.0. The van der Waals surface area contributed by atoms with Crippen molar-refractivity contribution in [3.8, 4) is 0 Å². The van der Waals surface area contributed by atoms with E-state index in [0.717, 1.165) is 31.0 Å². The number of hydroxylamine groups is 2. The Kier molecular flexibility index (Phi) is 11.3. The number of piperazine rings is 1. The molecule has 3 aliphatic heterocycles. The average Bonchev–Trinajstić information content (AvgIpc) is 2.86. The van der Waals surface area contributed by atoms with Crippen LogP contribution in [0.15, 0.2) is 0 Å². The monoisotopic (exact) mass is 592 g/mol. The van der Waals surface area contributed by atoms with Crippen molar-refractivity contribution < 1.29 is 32.8 Å². The lowest BCUT2D eigenvalue weighted by Gasteiger charge is -2.55. The number of amides is 3. The molecule has 0 N–H and O–H groups in total. The first-order chi connectivity index (χ1) is 18.3. The van der Waals surface area contributed by atoms with E-state index in [1.807, 2.05) is 32.6 Å². The van der Waals surface area contributed by atoms with Crippen molar-refractivity contribution in [2.75, 3.05) is 39.9 Å². The van der Waals surface area contributed by atoms with Gasteiger partial charge in [0, 0.05) is 6.04 Å². The first kappa shape index (κ1) is 32.3. The van der Waals surface area contributed by atoms with E-state index in [2.05, 4.69) is 11.9 Å². The molecule has 224 valence electrons. The minimum atomic E-state index is -4.04. The minimum Gasteiger partial charge on any atom is -0.334 e. The lowest BCUT2D eigenvalue weighted by molar-refractivity contribution is -0.277. The largest absolute Gasteiger partial charge is 0.358 e. The maximum Gasteiger partial charge on any atom is 0.358 e. The number of carbonyl (C=O) groups excluding carboxylic acids is 3. The molecule has 3 aliphatic rings. The summed E-state index contributed by atoms with van der Waals surface area (Å²) < 4.78 is 24.2. The van der Waals surface area contributed by atoms with Gasteiger partial charge in [-0.15, -0.1) is 0 Å². The van der Waals surface area contributed by atoms with Gasteiger partial charge in [-0.2, -0.15) is 5.06 Å². The third kappa shape index (κ3) is 7.16. The van der Waals surface area contributed by atoms with Gasteiger partial charge in [0.15, 0.2) is 12.3 Å². The summed E-state index contributed by atoms with van der Waals surface area (Å²) in [5.74, 6) is -1.02. The van der Waals surface area contributed by atoms with E-state index >= 15 is 0 Å². The minimum absolute atomic E-state index is 0.0179. The van der Waals surface area contributed by atoms with Crippen LogP contribution in [0.1, 0.15) is 67.2 Å². The zero-order chi connectivity index (χ0) is 29.1. The van der Waals surface area contributed by atoms with Crippen LogP contribution in [0.2, 0.25) is 0 Å². The highest BCUT2D eigenvalue weighted by atomic mass is 35.5. The molecule has 13 heteroatoms. The van der Waals surface area contributed by atoms with Crippen LogP contribution in [-0.2, 0) is 32.8 Å². The number of nitrogens with zero attached hydrogens (tertiary/aromatic N) is 4. The van der Waals surface area contributed by atoms with Crippen molar-refractivity contribution >= 4 is 36.9 Å². The summed E-state index contributed by atoms with van der Waals surface area (Å²) >= 11 is 6.53. The third-order valence-corrected chi connectivity index (χ3v) is 10.4. The quantitative estimate of drug-likeness (QED) is 0.265. The second kappa shape index (κ2) is 13.6. The van der Waals surface area contributed by atoms with Gasteiger partial charge in [0.1, 0.15) is 6.04 Å². The van der Waals surface area contributed by atoms with Gasteiger partial charge in [0.05, 0.1) is 19.8 Å². The number of hydrogen-bond donors (Lipinski definition) is 0. The van der Waals surface area contributed by atoms with Crippen LogP contribution in [0.25, 0.3) is 0 Å². The lowest BCUT2D eigenvalue weighted by Crippen LogP contribution is -2.75. The molecule has 0 saturated carbocycles. The Morgan fingerprint density at radius 1 is 1.03 bits per heavy atom. The summed E-state index contributed by atoms with van der Waals surface area (Å²) in [7, 11) is -1.98. The molecule has 0 aromatic carbocycles. The highest BCUT2D eigenvalue weighted by molar-refractivity contribution is 7.57. The van der Waals surface area contributed by atoms with Crippen molar-refractivity contribution in [3.63, 3.8) is 0 Å². The number of piperidine rings is 1.